The number of hydrogen-bond acceptors (Lipinski definition) is 5. The summed E-state index contributed by atoms with van der Waals surface area (Å²) in [7, 11) is 0. The molecule has 2 saturated carbocycles. The second kappa shape index (κ2) is 10.6. The Morgan fingerprint density at radius 2 is 1.97 bits per heavy atom. The highest BCUT2D eigenvalue weighted by atomic mass is 19.3. The molecule has 5 rings (SSSR count). The maximum Gasteiger partial charge on any atom is 0.263 e. The van der Waals surface area contributed by atoms with E-state index in [2.05, 4.69) is 25.6 Å². The molecule has 11 heteroatoms. The van der Waals surface area contributed by atoms with Gasteiger partial charge in [-0.1, -0.05) is 6.92 Å². The molecule has 2 aliphatic carbocycles. The number of alkyl halides is 3. The van der Waals surface area contributed by atoms with Crippen molar-refractivity contribution in [2.24, 2.45) is 5.92 Å². The van der Waals surface area contributed by atoms with Gasteiger partial charge in [-0.25, -0.2) is 23.1 Å². The van der Waals surface area contributed by atoms with Gasteiger partial charge in [-0.15, -0.1) is 0 Å². The van der Waals surface area contributed by atoms with Crippen molar-refractivity contribution in [1.29, 1.82) is 0 Å². The van der Waals surface area contributed by atoms with Gasteiger partial charge in [-0.05, 0) is 50.3 Å². The highest BCUT2D eigenvalue weighted by Gasteiger charge is 2.36. The van der Waals surface area contributed by atoms with Crippen molar-refractivity contribution in [2.45, 2.75) is 70.6 Å². The van der Waals surface area contributed by atoms with Gasteiger partial charge in [0.05, 0.1) is 23.7 Å². The summed E-state index contributed by atoms with van der Waals surface area (Å²) in [6, 6.07) is 3.11. The second-order valence-electron chi connectivity index (χ2n) is 10.1. The van der Waals surface area contributed by atoms with Gasteiger partial charge in [0.25, 0.3) is 12.3 Å². The Kier molecular flexibility index (Phi) is 7.27. The molecule has 0 radical (unpaired) electrons. The first-order chi connectivity index (χ1) is 18.2. The van der Waals surface area contributed by atoms with Gasteiger partial charge in [-0.2, -0.15) is 0 Å². The molecule has 0 unspecified atom stereocenters. The van der Waals surface area contributed by atoms with Crippen molar-refractivity contribution in [3.05, 3.63) is 41.3 Å². The van der Waals surface area contributed by atoms with E-state index in [0.29, 0.717) is 46.3 Å². The molecule has 3 atom stereocenters. The van der Waals surface area contributed by atoms with Crippen molar-refractivity contribution in [3.63, 3.8) is 0 Å². The van der Waals surface area contributed by atoms with Crippen LogP contribution in [0.15, 0.2) is 24.5 Å². The number of carbonyl (C=O) groups is 2. The fourth-order valence-corrected chi connectivity index (χ4v) is 4.91. The van der Waals surface area contributed by atoms with Crippen LogP contribution in [0.1, 0.15) is 67.1 Å². The summed E-state index contributed by atoms with van der Waals surface area (Å²) in [6.45, 7) is 3.89. The lowest BCUT2D eigenvalue weighted by Gasteiger charge is -2.15. The van der Waals surface area contributed by atoms with Crippen molar-refractivity contribution in [3.8, 4) is 17.0 Å². The molecule has 3 aromatic rings. The summed E-state index contributed by atoms with van der Waals surface area (Å²) in [6.07, 6.45) is 0.123. The van der Waals surface area contributed by atoms with Crippen LogP contribution in [-0.2, 0) is 4.79 Å². The van der Waals surface area contributed by atoms with E-state index in [-0.39, 0.29) is 36.3 Å². The van der Waals surface area contributed by atoms with Crippen LogP contribution in [0.4, 0.5) is 13.2 Å². The van der Waals surface area contributed by atoms with Gasteiger partial charge in [0.1, 0.15) is 29.5 Å². The molecule has 3 N–H and O–H groups in total. The monoisotopic (exact) mass is 529 g/mol. The predicted molar refractivity (Wildman–Crippen MR) is 135 cm³/mol. The number of aromatic nitrogens is 3. The Morgan fingerprint density at radius 3 is 2.68 bits per heavy atom. The van der Waals surface area contributed by atoms with E-state index in [4.69, 9.17) is 4.74 Å². The van der Waals surface area contributed by atoms with Gasteiger partial charge >= 0.3 is 0 Å². The number of H-pyrrole nitrogens is 1. The summed E-state index contributed by atoms with van der Waals surface area (Å²) in [5.41, 5.74) is 2.08. The van der Waals surface area contributed by atoms with E-state index in [1.807, 2.05) is 0 Å². The van der Waals surface area contributed by atoms with Crippen molar-refractivity contribution in [2.75, 3.05) is 6.61 Å². The maximum atomic E-state index is 14.5. The molecule has 202 valence electrons. The van der Waals surface area contributed by atoms with Crippen LogP contribution in [0.25, 0.3) is 22.3 Å². The Labute approximate surface area is 217 Å². The first-order valence-electron chi connectivity index (χ1n) is 12.9. The predicted octanol–water partition coefficient (Wildman–Crippen LogP) is 4.78. The molecule has 8 nitrogen and oxygen atoms in total. The number of nitrogens with one attached hydrogen (secondary N) is 3. The van der Waals surface area contributed by atoms with Gasteiger partial charge in [0, 0.05) is 35.7 Å². The molecular weight excluding hydrogens is 499 g/mol. The number of carbonyl (C=O) groups excluding carboxylic acids is 2. The molecule has 2 heterocycles. The third-order valence-electron chi connectivity index (χ3n) is 7.17. The van der Waals surface area contributed by atoms with Crippen LogP contribution < -0.4 is 15.4 Å². The van der Waals surface area contributed by atoms with Crippen molar-refractivity contribution in [1.82, 2.24) is 25.6 Å². The number of halogens is 3. The fraction of sp³-hybridized carbons (Fsp3) is 0.481. The zero-order valence-corrected chi connectivity index (χ0v) is 21.2. The van der Waals surface area contributed by atoms with E-state index in [1.54, 1.807) is 13.8 Å². The maximum absolute atomic E-state index is 14.5. The molecule has 2 amide bonds. The number of amides is 2. The third kappa shape index (κ3) is 5.32. The average Bonchev–Trinajstić information content (AvgIpc) is 3.57. The number of benzene rings is 1. The van der Waals surface area contributed by atoms with Crippen LogP contribution >= 0.6 is 0 Å². The molecule has 0 spiro atoms. The Hall–Kier alpha value is -3.63. The molecule has 2 aliphatic rings. The lowest BCUT2D eigenvalue weighted by molar-refractivity contribution is -0.121. The highest BCUT2D eigenvalue weighted by molar-refractivity contribution is 6.09. The van der Waals surface area contributed by atoms with E-state index in [9.17, 15) is 22.8 Å². The van der Waals surface area contributed by atoms with Crippen LogP contribution in [-0.4, -0.2) is 51.6 Å². The van der Waals surface area contributed by atoms with Gasteiger partial charge in [0.15, 0.2) is 0 Å². The first-order valence-corrected chi connectivity index (χ1v) is 12.9. The molecule has 38 heavy (non-hydrogen) atoms. The standard InChI is InChI=1S/C27H30F3N5O3/c1-3-21(36)35-19-10-16(9-18(19)28)34-27(37)22-13(2)33-25-23(31-12-32-24(22)25)17-8-15(26(29)30)6-7-20(17)38-11-14-4-5-14/h6-8,12,14,16,18-19,26,33H,3-5,9-11H2,1-2H3,(H,34,37)(H,35,36)/t16-,18-,19-/m1/s1. The van der Waals surface area contributed by atoms with E-state index in [1.165, 1.54) is 24.5 Å². The van der Waals surface area contributed by atoms with E-state index in [0.717, 1.165) is 12.8 Å². The van der Waals surface area contributed by atoms with E-state index >= 15 is 0 Å². The molecule has 0 aliphatic heterocycles. The quantitative estimate of drug-likeness (QED) is 0.370. The molecule has 0 saturated heterocycles. The number of ether oxygens (including phenoxy) is 1. The SMILES string of the molecule is CCC(=O)N[C@@H]1C[C@H](NC(=O)c2c(C)[nH]c3c(-c4cc(C(F)F)ccc4OCC4CC4)ncnc23)C[C@H]1F. The zero-order valence-electron chi connectivity index (χ0n) is 21.2. The summed E-state index contributed by atoms with van der Waals surface area (Å²) in [5.74, 6) is 0.211. The van der Waals surface area contributed by atoms with E-state index < -0.39 is 30.6 Å². The summed E-state index contributed by atoms with van der Waals surface area (Å²) in [4.78, 5) is 36.8. The molecule has 2 fully saturated rings. The average molecular weight is 530 g/mol. The van der Waals surface area contributed by atoms with Crippen molar-refractivity contribution < 1.29 is 27.5 Å². The topological polar surface area (TPSA) is 109 Å². The minimum atomic E-state index is -2.67. The van der Waals surface area contributed by atoms with Crippen LogP contribution in [0, 0.1) is 12.8 Å². The first kappa shape index (κ1) is 26.0. The molecular formula is C27H30F3N5O3. The molecule has 1 aromatic carbocycles. The Bertz CT molecular complexity index is 1360. The summed E-state index contributed by atoms with van der Waals surface area (Å²) >= 11 is 0. The van der Waals surface area contributed by atoms with Crippen LogP contribution in [0.3, 0.4) is 0 Å². The number of fused-ring (bicyclic) bond motifs is 1. The normalized spacial score (nSPS) is 21.2. The zero-order chi connectivity index (χ0) is 27.0. The minimum Gasteiger partial charge on any atom is -0.493 e. The number of hydrogen-bond donors (Lipinski definition) is 3. The summed E-state index contributed by atoms with van der Waals surface area (Å²) in [5, 5.41) is 5.53. The van der Waals surface area contributed by atoms with Gasteiger partial charge in [-0.3, -0.25) is 9.59 Å². The summed E-state index contributed by atoms with van der Waals surface area (Å²) < 4.78 is 47.6. The Balaban J connectivity index is 1.44. The largest absolute Gasteiger partial charge is 0.493 e. The third-order valence-corrected chi connectivity index (χ3v) is 7.17. The highest BCUT2D eigenvalue weighted by Crippen LogP contribution is 2.38. The number of rotatable bonds is 9. The lowest BCUT2D eigenvalue weighted by atomic mass is 10.0. The van der Waals surface area contributed by atoms with Crippen LogP contribution in [0.5, 0.6) is 5.75 Å². The smallest absolute Gasteiger partial charge is 0.263 e. The second-order valence-corrected chi connectivity index (χ2v) is 10.1. The Morgan fingerprint density at radius 1 is 1.18 bits per heavy atom. The number of aryl methyl sites for hydroxylation is 1. The van der Waals surface area contributed by atoms with Crippen LogP contribution in [0.2, 0.25) is 0 Å². The number of nitrogens with zero attached hydrogens (tertiary/aromatic N) is 2. The van der Waals surface area contributed by atoms with Gasteiger partial charge < -0.3 is 20.4 Å². The van der Waals surface area contributed by atoms with Crippen molar-refractivity contribution >= 4 is 22.8 Å². The lowest BCUT2D eigenvalue weighted by Crippen LogP contribution is -2.39. The number of aromatic amines is 1. The minimum absolute atomic E-state index is 0.0875. The fourth-order valence-electron chi connectivity index (χ4n) is 4.91. The van der Waals surface area contributed by atoms with Gasteiger partial charge in [0.2, 0.25) is 5.91 Å². The molecule has 0 bridgehead atoms. The molecule has 2 aromatic heterocycles.